The Bertz CT molecular complexity index is 281. The van der Waals surface area contributed by atoms with E-state index in [1.54, 1.807) is 0 Å². The topological polar surface area (TPSA) is 12.9 Å². The minimum absolute atomic E-state index is 0.746. The standard InChI is InChI=1S/C9H9BrF3N/c10-5-1-2-7-3-4-8(14-6-7)9(11,12)13/h3-4,6H,1-2,5H2. The summed E-state index contributed by atoms with van der Waals surface area (Å²) in [6, 6.07) is 2.49. The highest BCUT2D eigenvalue weighted by Gasteiger charge is 2.31. The molecule has 5 heteroatoms. The molecule has 1 heterocycles. The smallest absolute Gasteiger partial charge is 0.252 e. The summed E-state index contributed by atoms with van der Waals surface area (Å²) in [6.07, 6.45) is -1.41. The fourth-order valence-corrected chi connectivity index (χ4v) is 1.29. The van der Waals surface area contributed by atoms with E-state index in [2.05, 4.69) is 20.9 Å². The van der Waals surface area contributed by atoms with Crippen LogP contribution in [0, 0.1) is 0 Å². The van der Waals surface area contributed by atoms with Gasteiger partial charge >= 0.3 is 6.18 Å². The summed E-state index contributed by atoms with van der Waals surface area (Å²) in [6.45, 7) is 0. The van der Waals surface area contributed by atoms with Gasteiger partial charge in [0.15, 0.2) is 0 Å². The summed E-state index contributed by atoms with van der Waals surface area (Å²) in [5, 5.41) is 0.841. The molecule has 14 heavy (non-hydrogen) atoms. The Morgan fingerprint density at radius 1 is 1.29 bits per heavy atom. The summed E-state index contributed by atoms with van der Waals surface area (Å²) in [7, 11) is 0. The molecule has 0 saturated carbocycles. The van der Waals surface area contributed by atoms with Crippen LogP contribution in [-0.2, 0) is 12.6 Å². The van der Waals surface area contributed by atoms with Gasteiger partial charge < -0.3 is 0 Å². The van der Waals surface area contributed by atoms with Crippen molar-refractivity contribution in [2.45, 2.75) is 19.0 Å². The summed E-state index contributed by atoms with van der Waals surface area (Å²) in [5.74, 6) is 0. The molecule has 1 aromatic rings. The molecule has 0 spiro atoms. The number of halogens is 4. The van der Waals surface area contributed by atoms with Crippen LogP contribution in [0.15, 0.2) is 18.3 Å². The van der Waals surface area contributed by atoms with Crippen molar-refractivity contribution < 1.29 is 13.2 Å². The number of aryl methyl sites for hydroxylation is 1. The summed E-state index contributed by atoms with van der Waals surface area (Å²) >= 11 is 3.25. The van der Waals surface area contributed by atoms with Crippen LogP contribution in [0.1, 0.15) is 17.7 Å². The lowest BCUT2D eigenvalue weighted by Gasteiger charge is -2.05. The van der Waals surface area contributed by atoms with Crippen molar-refractivity contribution in [3.8, 4) is 0 Å². The molecule has 1 aromatic heterocycles. The van der Waals surface area contributed by atoms with Crippen LogP contribution >= 0.6 is 15.9 Å². The van der Waals surface area contributed by atoms with E-state index in [0.717, 1.165) is 29.8 Å². The van der Waals surface area contributed by atoms with E-state index in [4.69, 9.17) is 0 Å². The highest BCUT2D eigenvalue weighted by atomic mass is 79.9. The van der Waals surface area contributed by atoms with E-state index < -0.39 is 11.9 Å². The number of hydrogen-bond donors (Lipinski definition) is 0. The normalized spacial score (nSPS) is 11.7. The molecular formula is C9H9BrF3N. The predicted octanol–water partition coefficient (Wildman–Crippen LogP) is 3.43. The third-order valence-electron chi connectivity index (χ3n) is 1.71. The summed E-state index contributed by atoms with van der Waals surface area (Å²) < 4.78 is 36.3. The molecule has 0 radical (unpaired) electrons. The second-order valence-electron chi connectivity index (χ2n) is 2.84. The molecule has 0 saturated heterocycles. The summed E-state index contributed by atoms with van der Waals surface area (Å²) in [4.78, 5) is 3.36. The van der Waals surface area contributed by atoms with Crippen molar-refractivity contribution in [1.82, 2.24) is 4.98 Å². The molecule has 0 aliphatic carbocycles. The predicted molar refractivity (Wildman–Crippen MR) is 51.4 cm³/mol. The molecule has 0 bridgehead atoms. The molecule has 0 amide bonds. The molecule has 0 N–H and O–H groups in total. The van der Waals surface area contributed by atoms with Crippen LogP contribution in [0.2, 0.25) is 0 Å². The second-order valence-corrected chi connectivity index (χ2v) is 3.63. The van der Waals surface area contributed by atoms with Crippen molar-refractivity contribution in [2.75, 3.05) is 5.33 Å². The molecule has 78 valence electrons. The molecule has 0 fully saturated rings. The van der Waals surface area contributed by atoms with E-state index in [-0.39, 0.29) is 0 Å². The zero-order valence-electron chi connectivity index (χ0n) is 7.31. The third-order valence-corrected chi connectivity index (χ3v) is 2.27. The van der Waals surface area contributed by atoms with Crippen molar-refractivity contribution in [3.05, 3.63) is 29.6 Å². The van der Waals surface area contributed by atoms with Crippen LogP contribution in [0.5, 0.6) is 0 Å². The number of nitrogens with zero attached hydrogens (tertiary/aromatic N) is 1. The maximum Gasteiger partial charge on any atom is 0.433 e. The van der Waals surface area contributed by atoms with Crippen molar-refractivity contribution in [1.29, 1.82) is 0 Å². The maximum absolute atomic E-state index is 12.1. The molecule has 0 unspecified atom stereocenters. The molecule has 1 rings (SSSR count). The quantitative estimate of drug-likeness (QED) is 0.765. The zero-order valence-corrected chi connectivity index (χ0v) is 8.90. The van der Waals surface area contributed by atoms with E-state index in [1.165, 1.54) is 12.3 Å². The highest BCUT2D eigenvalue weighted by Crippen LogP contribution is 2.27. The fourth-order valence-electron chi connectivity index (χ4n) is 1.01. The van der Waals surface area contributed by atoms with Gasteiger partial charge in [0, 0.05) is 11.5 Å². The van der Waals surface area contributed by atoms with Crippen LogP contribution in [0.3, 0.4) is 0 Å². The van der Waals surface area contributed by atoms with E-state index >= 15 is 0 Å². The first-order valence-electron chi connectivity index (χ1n) is 4.12. The Balaban J connectivity index is 2.69. The van der Waals surface area contributed by atoms with Crippen molar-refractivity contribution >= 4 is 15.9 Å². The Labute approximate surface area is 88.5 Å². The number of pyridine rings is 1. The molecule has 0 aliphatic rings. The van der Waals surface area contributed by atoms with Gasteiger partial charge in [-0.3, -0.25) is 4.98 Å². The van der Waals surface area contributed by atoms with Gasteiger partial charge in [0.2, 0.25) is 0 Å². The minimum atomic E-state index is -4.34. The molecular weight excluding hydrogens is 259 g/mol. The average Bonchev–Trinajstić information content (AvgIpc) is 2.14. The lowest BCUT2D eigenvalue weighted by molar-refractivity contribution is -0.141. The van der Waals surface area contributed by atoms with Crippen LogP contribution < -0.4 is 0 Å². The second kappa shape index (κ2) is 4.77. The van der Waals surface area contributed by atoms with Crippen LogP contribution in [0.4, 0.5) is 13.2 Å². The highest BCUT2D eigenvalue weighted by molar-refractivity contribution is 9.09. The Morgan fingerprint density at radius 3 is 2.43 bits per heavy atom. The lowest BCUT2D eigenvalue weighted by atomic mass is 10.1. The van der Waals surface area contributed by atoms with Gasteiger partial charge in [-0.15, -0.1) is 0 Å². The monoisotopic (exact) mass is 267 g/mol. The SMILES string of the molecule is FC(F)(F)c1ccc(CCCBr)cn1. The summed E-state index contributed by atoms with van der Waals surface area (Å²) in [5.41, 5.74) is -0.00228. The van der Waals surface area contributed by atoms with Crippen LogP contribution in [0.25, 0.3) is 0 Å². The van der Waals surface area contributed by atoms with Crippen molar-refractivity contribution in [3.63, 3.8) is 0 Å². The van der Waals surface area contributed by atoms with Gasteiger partial charge in [0.1, 0.15) is 5.69 Å². The van der Waals surface area contributed by atoms with E-state index in [9.17, 15) is 13.2 Å². The molecule has 0 aliphatic heterocycles. The lowest BCUT2D eigenvalue weighted by Crippen LogP contribution is -2.07. The number of hydrogen-bond acceptors (Lipinski definition) is 1. The van der Waals surface area contributed by atoms with Gasteiger partial charge in [-0.05, 0) is 24.5 Å². The first-order valence-corrected chi connectivity index (χ1v) is 5.24. The van der Waals surface area contributed by atoms with Gasteiger partial charge in [-0.1, -0.05) is 22.0 Å². The number of rotatable bonds is 3. The Morgan fingerprint density at radius 2 is 2.00 bits per heavy atom. The molecule has 0 aromatic carbocycles. The largest absolute Gasteiger partial charge is 0.433 e. The first-order chi connectivity index (χ1) is 6.54. The average molecular weight is 268 g/mol. The van der Waals surface area contributed by atoms with Gasteiger partial charge in [0.25, 0.3) is 0 Å². The van der Waals surface area contributed by atoms with Crippen molar-refractivity contribution in [2.24, 2.45) is 0 Å². The van der Waals surface area contributed by atoms with Gasteiger partial charge in [-0.2, -0.15) is 13.2 Å². The van der Waals surface area contributed by atoms with Crippen LogP contribution in [-0.4, -0.2) is 10.3 Å². The number of aromatic nitrogens is 1. The third kappa shape index (κ3) is 3.29. The number of alkyl halides is 4. The Kier molecular flexibility index (Phi) is 3.92. The maximum atomic E-state index is 12.1. The zero-order chi connectivity index (χ0) is 10.6. The Hall–Kier alpha value is -0.580. The first kappa shape index (κ1) is 11.5. The minimum Gasteiger partial charge on any atom is -0.252 e. The molecule has 1 nitrogen and oxygen atoms in total. The van der Waals surface area contributed by atoms with Gasteiger partial charge in [-0.25, -0.2) is 0 Å². The fraction of sp³-hybridized carbons (Fsp3) is 0.444. The molecule has 0 atom stereocenters. The van der Waals surface area contributed by atoms with Gasteiger partial charge in [0.05, 0.1) is 0 Å². The van der Waals surface area contributed by atoms with E-state index in [1.807, 2.05) is 0 Å². The van der Waals surface area contributed by atoms with E-state index in [0.29, 0.717) is 0 Å².